The van der Waals surface area contributed by atoms with Gasteiger partial charge in [0.05, 0.1) is 13.2 Å². The summed E-state index contributed by atoms with van der Waals surface area (Å²) in [5.41, 5.74) is 0. The van der Waals surface area contributed by atoms with E-state index in [2.05, 4.69) is 6.08 Å². The van der Waals surface area contributed by atoms with E-state index in [0.29, 0.717) is 0 Å². The molecule has 4 heteroatoms. The molecular weight excluding hydrogens is 192 g/mol. The molecule has 2 aliphatic rings. The number of nitrogens with zero attached hydrogens (tertiary/aromatic N) is 2. The Labute approximate surface area is 90.1 Å². The maximum absolute atomic E-state index is 10.4. The van der Waals surface area contributed by atoms with Crippen molar-refractivity contribution >= 4 is 11.8 Å². The van der Waals surface area contributed by atoms with Crippen LogP contribution in [0.3, 0.4) is 0 Å². The topological polar surface area (TPSA) is 32.6 Å². The molecule has 0 aromatic rings. The van der Waals surface area contributed by atoms with E-state index in [0.717, 1.165) is 19.0 Å². The molecule has 0 aromatic carbocycles. The second-order valence-electron chi connectivity index (χ2n) is 3.45. The summed E-state index contributed by atoms with van der Waals surface area (Å²) in [5.74, 6) is 1.06. The van der Waals surface area contributed by atoms with Gasteiger partial charge in [0.15, 0.2) is 6.54 Å². The van der Waals surface area contributed by atoms with Crippen LogP contribution in [-0.4, -0.2) is 55.6 Å². The van der Waals surface area contributed by atoms with Crippen LogP contribution in [0.1, 0.15) is 0 Å². The zero-order chi connectivity index (χ0) is 11.3. The summed E-state index contributed by atoms with van der Waals surface area (Å²) >= 11 is 0. The zero-order valence-electron chi connectivity index (χ0n) is 9.43. The van der Waals surface area contributed by atoms with Gasteiger partial charge in [-0.1, -0.05) is 6.08 Å². The molecular formula is C11H17N2O2+. The van der Waals surface area contributed by atoms with Gasteiger partial charge in [0.2, 0.25) is 5.91 Å². The largest absolute Gasteiger partial charge is 0.448 e. The van der Waals surface area contributed by atoms with Crippen LogP contribution in [0.15, 0.2) is 24.3 Å². The summed E-state index contributed by atoms with van der Waals surface area (Å²) in [6.07, 6.45) is 7.47. The fourth-order valence-electron chi connectivity index (χ4n) is 1.28. The Morgan fingerprint density at radius 3 is 2.33 bits per heavy atom. The van der Waals surface area contributed by atoms with Crippen molar-refractivity contribution < 1.29 is 14.1 Å². The van der Waals surface area contributed by atoms with E-state index in [1.807, 2.05) is 23.8 Å². The predicted octanol–water partition coefficient (Wildman–Crippen LogP) is 0.258. The number of carbonyl (C=O) groups excluding carboxylic acids is 1. The number of hydrogen-bond acceptors (Lipinski definition) is 2. The van der Waals surface area contributed by atoms with E-state index in [9.17, 15) is 4.79 Å². The minimum atomic E-state index is 0.111. The Morgan fingerprint density at radius 1 is 1.40 bits per heavy atom. The van der Waals surface area contributed by atoms with Crippen molar-refractivity contribution in [1.29, 1.82) is 0 Å². The van der Waals surface area contributed by atoms with Crippen LogP contribution in [0.5, 0.6) is 0 Å². The quantitative estimate of drug-likeness (QED) is 0.536. The minimum absolute atomic E-state index is 0.111. The van der Waals surface area contributed by atoms with Crippen molar-refractivity contribution in [3.63, 3.8) is 0 Å². The van der Waals surface area contributed by atoms with Crippen LogP contribution in [-0.2, 0) is 9.53 Å². The fourth-order valence-corrected chi connectivity index (χ4v) is 1.28. The monoisotopic (exact) mass is 209 g/mol. The van der Waals surface area contributed by atoms with Crippen molar-refractivity contribution in [2.24, 2.45) is 0 Å². The molecule has 2 heterocycles. The standard InChI is InChI=1S/C6H10NO.C5H7NO/c1-7-5-3-4-6(7)8-2;1-6-4-2-3-5(6)7/h3-4H,5H2,1-2H3;2-3H,4H2,1H3/q+1;. The highest BCUT2D eigenvalue weighted by Gasteiger charge is 2.10. The number of amides is 1. The molecule has 0 atom stereocenters. The molecule has 0 radical (unpaired) electrons. The van der Waals surface area contributed by atoms with Gasteiger partial charge in [-0.3, -0.25) is 4.79 Å². The van der Waals surface area contributed by atoms with Crippen molar-refractivity contribution in [3.8, 4) is 0 Å². The normalized spacial score (nSPS) is 18.3. The smallest absolute Gasteiger partial charge is 0.362 e. The summed E-state index contributed by atoms with van der Waals surface area (Å²) in [5, 5.41) is 0. The summed E-state index contributed by atoms with van der Waals surface area (Å²) in [6.45, 7) is 1.75. The second kappa shape index (κ2) is 5.34. The molecule has 0 aromatic heterocycles. The first-order valence-corrected chi connectivity index (χ1v) is 4.85. The van der Waals surface area contributed by atoms with Crippen LogP contribution in [0.4, 0.5) is 0 Å². The lowest BCUT2D eigenvalue weighted by atomic mass is 10.6. The lowest BCUT2D eigenvalue weighted by Gasteiger charge is -2.03. The first-order chi connectivity index (χ1) is 7.15. The summed E-state index contributed by atoms with van der Waals surface area (Å²) < 4.78 is 7.02. The third-order valence-electron chi connectivity index (χ3n) is 2.24. The SMILES string of the molecule is CN1CC=CC1=O.COC1=[N+](C)CC=C1. The first-order valence-electron chi connectivity index (χ1n) is 4.85. The lowest BCUT2D eigenvalue weighted by molar-refractivity contribution is -0.490. The molecule has 15 heavy (non-hydrogen) atoms. The van der Waals surface area contributed by atoms with Crippen molar-refractivity contribution in [2.75, 3.05) is 34.3 Å². The van der Waals surface area contributed by atoms with E-state index in [-0.39, 0.29) is 5.91 Å². The number of carbonyl (C=O) groups is 1. The molecule has 0 bridgehead atoms. The maximum atomic E-state index is 10.4. The van der Waals surface area contributed by atoms with Crippen LogP contribution in [0.2, 0.25) is 0 Å². The van der Waals surface area contributed by atoms with Gasteiger partial charge < -0.3 is 9.64 Å². The Kier molecular flexibility index (Phi) is 4.09. The highest BCUT2D eigenvalue weighted by molar-refractivity contribution is 5.89. The molecule has 82 valence electrons. The van der Waals surface area contributed by atoms with Crippen molar-refractivity contribution in [2.45, 2.75) is 0 Å². The molecule has 2 aliphatic heterocycles. The van der Waals surface area contributed by atoms with Crippen LogP contribution in [0.25, 0.3) is 0 Å². The van der Waals surface area contributed by atoms with Crippen molar-refractivity contribution in [3.05, 3.63) is 24.3 Å². The number of ether oxygens (including phenoxy) is 1. The average molecular weight is 209 g/mol. The molecule has 0 N–H and O–H groups in total. The molecule has 2 rings (SSSR count). The zero-order valence-corrected chi connectivity index (χ0v) is 9.43. The number of hydrogen-bond donors (Lipinski definition) is 0. The summed E-state index contributed by atoms with van der Waals surface area (Å²) in [4.78, 5) is 12.1. The molecule has 1 amide bonds. The molecule has 0 saturated heterocycles. The predicted molar refractivity (Wildman–Crippen MR) is 59.0 cm³/mol. The van der Waals surface area contributed by atoms with Gasteiger partial charge in [0.1, 0.15) is 7.05 Å². The van der Waals surface area contributed by atoms with Crippen LogP contribution in [0, 0.1) is 0 Å². The van der Waals surface area contributed by atoms with Gasteiger partial charge >= 0.3 is 5.90 Å². The highest BCUT2D eigenvalue weighted by atomic mass is 16.5. The van der Waals surface area contributed by atoms with E-state index in [1.165, 1.54) is 0 Å². The molecule has 0 fully saturated rings. The Morgan fingerprint density at radius 2 is 2.13 bits per heavy atom. The molecule has 4 nitrogen and oxygen atoms in total. The van der Waals surface area contributed by atoms with Gasteiger partial charge in [-0.05, 0) is 6.08 Å². The molecule has 0 aliphatic carbocycles. The van der Waals surface area contributed by atoms with Crippen LogP contribution >= 0.6 is 0 Å². The maximum Gasteiger partial charge on any atom is 0.362 e. The second-order valence-corrected chi connectivity index (χ2v) is 3.45. The molecule has 0 saturated carbocycles. The average Bonchev–Trinajstić information content (AvgIpc) is 2.78. The van der Waals surface area contributed by atoms with Crippen LogP contribution < -0.4 is 0 Å². The van der Waals surface area contributed by atoms with Gasteiger partial charge in [0, 0.05) is 19.7 Å². The Bertz CT molecular complexity index is 329. The lowest BCUT2D eigenvalue weighted by Crippen LogP contribution is -2.18. The summed E-state index contributed by atoms with van der Waals surface area (Å²) in [6, 6.07) is 0. The number of rotatable bonds is 0. The minimum Gasteiger partial charge on any atom is -0.448 e. The van der Waals surface area contributed by atoms with Gasteiger partial charge in [-0.15, -0.1) is 0 Å². The van der Waals surface area contributed by atoms with Gasteiger partial charge in [-0.25, -0.2) is 0 Å². The molecule has 0 spiro atoms. The third-order valence-corrected chi connectivity index (χ3v) is 2.24. The third kappa shape index (κ3) is 3.23. The van der Waals surface area contributed by atoms with Crippen molar-refractivity contribution in [1.82, 2.24) is 4.90 Å². The fraction of sp³-hybridized carbons (Fsp3) is 0.455. The van der Waals surface area contributed by atoms with E-state index in [4.69, 9.17) is 4.74 Å². The molecule has 0 unspecified atom stereocenters. The Balaban J connectivity index is 0.000000151. The number of likely N-dealkylation sites (N-methyl/N-ethyl adjacent to an activating group) is 2. The highest BCUT2D eigenvalue weighted by Crippen LogP contribution is 1.94. The van der Waals surface area contributed by atoms with E-state index < -0.39 is 0 Å². The number of methoxy groups -OCH3 is 1. The van der Waals surface area contributed by atoms with Gasteiger partial charge in [0.25, 0.3) is 0 Å². The Hall–Kier alpha value is -1.58. The first kappa shape index (κ1) is 11.5. The van der Waals surface area contributed by atoms with E-state index in [1.54, 1.807) is 25.1 Å². The summed E-state index contributed by atoms with van der Waals surface area (Å²) in [7, 11) is 5.46. The van der Waals surface area contributed by atoms with E-state index >= 15 is 0 Å². The van der Waals surface area contributed by atoms with Gasteiger partial charge in [-0.2, -0.15) is 4.58 Å².